The van der Waals surface area contributed by atoms with Crippen LogP contribution in [0.25, 0.3) is 0 Å². The highest BCUT2D eigenvalue weighted by Gasteiger charge is 2.30. The molecule has 0 saturated carbocycles. The minimum Gasteiger partial charge on any atom is -0.313 e. The predicted molar refractivity (Wildman–Crippen MR) is 86.1 cm³/mol. The number of likely N-dealkylation sites (tertiary alicyclic amines) is 1. The molecule has 9 heteroatoms. The molecule has 0 atom stereocenters. The van der Waals surface area contributed by atoms with Crippen molar-refractivity contribution >= 4 is 0 Å². The maximum atomic E-state index is 12.4. The summed E-state index contributed by atoms with van der Waals surface area (Å²) in [6.07, 6.45) is 0.421. The molecule has 1 aliphatic heterocycles. The first-order chi connectivity index (χ1) is 12.0. The van der Waals surface area contributed by atoms with Gasteiger partial charge >= 0.3 is 6.18 Å². The van der Waals surface area contributed by atoms with Gasteiger partial charge in [-0.2, -0.15) is 18.3 Å². The molecule has 0 amide bonds. The molecule has 1 fully saturated rings. The monoisotopic (exact) mass is 356 g/mol. The van der Waals surface area contributed by atoms with Crippen LogP contribution in [-0.4, -0.2) is 55.3 Å². The fourth-order valence-electron chi connectivity index (χ4n) is 3.35. The van der Waals surface area contributed by atoms with Crippen LogP contribution in [-0.2, 0) is 13.1 Å². The minimum atomic E-state index is -4.08. The number of alkyl halides is 3. The maximum Gasteiger partial charge on any atom is 0.390 e. The summed E-state index contributed by atoms with van der Waals surface area (Å²) in [6.45, 7) is 4.82. The number of nitrogens with zero attached hydrogens (tertiary/aromatic N) is 6. The van der Waals surface area contributed by atoms with E-state index in [1.165, 1.54) is 0 Å². The molecule has 0 unspecified atom stereocenters. The Labute approximate surface area is 144 Å². The van der Waals surface area contributed by atoms with Gasteiger partial charge in [-0.1, -0.05) is 0 Å². The molecule has 1 saturated heterocycles. The van der Waals surface area contributed by atoms with Crippen molar-refractivity contribution in [2.75, 3.05) is 19.6 Å². The lowest BCUT2D eigenvalue weighted by molar-refractivity contribution is -0.138. The SMILES string of the molecule is CCn1c(Cn2cccn2)nnc1C1CCN(CCC(F)(F)F)CC1. The third-order valence-corrected chi connectivity index (χ3v) is 4.70. The van der Waals surface area contributed by atoms with Crippen LogP contribution in [0, 0.1) is 0 Å². The van der Waals surface area contributed by atoms with Gasteiger partial charge in [-0.3, -0.25) is 4.68 Å². The third kappa shape index (κ3) is 4.59. The summed E-state index contributed by atoms with van der Waals surface area (Å²) in [6, 6.07) is 1.87. The van der Waals surface area contributed by atoms with Gasteiger partial charge in [-0.05, 0) is 38.9 Å². The molecule has 1 aliphatic rings. The second kappa shape index (κ2) is 7.55. The van der Waals surface area contributed by atoms with Gasteiger partial charge in [0.25, 0.3) is 0 Å². The van der Waals surface area contributed by atoms with Crippen molar-refractivity contribution in [2.24, 2.45) is 0 Å². The van der Waals surface area contributed by atoms with E-state index in [0.29, 0.717) is 19.6 Å². The van der Waals surface area contributed by atoms with Crippen LogP contribution < -0.4 is 0 Å². The summed E-state index contributed by atoms with van der Waals surface area (Å²) in [5.74, 6) is 2.06. The highest BCUT2D eigenvalue weighted by atomic mass is 19.4. The fourth-order valence-corrected chi connectivity index (χ4v) is 3.35. The van der Waals surface area contributed by atoms with Crippen molar-refractivity contribution in [1.82, 2.24) is 29.4 Å². The van der Waals surface area contributed by atoms with E-state index < -0.39 is 12.6 Å². The summed E-state index contributed by atoms with van der Waals surface area (Å²) in [7, 11) is 0. The van der Waals surface area contributed by atoms with Gasteiger partial charge in [0.1, 0.15) is 12.4 Å². The van der Waals surface area contributed by atoms with E-state index in [0.717, 1.165) is 31.0 Å². The van der Waals surface area contributed by atoms with Gasteiger partial charge < -0.3 is 9.47 Å². The molecule has 2 aromatic heterocycles. The predicted octanol–water partition coefficient (Wildman–Crippen LogP) is 2.67. The van der Waals surface area contributed by atoms with Gasteiger partial charge in [0.05, 0.1) is 6.42 Å². The summed E-state index contributed by atoms with van der Waals surface area (Å²) in [5, 5.41) is 12.9. The minimum absolute atomic E-state index is 0.0846. The first-order valence-electron chi connectivity index (χ1n) is 8.64. The van der Waals surface area contributed by atoms with Gasteiger partial charge in [-0.25, -0.2) is 0 Å². The number of hydrogen-bond acceptors (Lipinski definition) is 4. The normalized spacial score (nSPS) is 17.3. The zero-order valence-corrected chi connectivity index (χ0v) is 14.3. The standard InChI is InChI=1S/C16H23F3N6/c1-2-25-14(12-24-8-3-7-20-24)21-22-15(25)13-4-9-23(10-5-13)11-6-16(17,18)19/h3,7-8,13H,2,4-6,9-12H2,1H3. The van der Waals surface area contributed by atoms with E-state index in [-0.39, 0.29) is 12.5 Å². The van der Waals surface area contributed by atoms with Gasteiger partial charge in [0, 0.05) is 31.4 Å². The van der Waals surface area contributed by atoms with E-state index in [2.05, 4.69) is 26.8 Å². The van der Waals surface area contributed by atoms with E-state index in [4.69, 9.17) is 0 Å². The van der Waals surface area contributed by atoms with Crippen molar-refractivity contribution < 1.29 is 13.2 Å². The molecule has 25 heavy (non-hydrogen) atoms. The van der Waals surface area contributed by atoms with Crippen LogP contribution in [0.15, 0.2) is 18.5 Å². The van der Waals surface area contributed by atoms with E-state index in [9.17, 15) is 13.2 Å². The molecule has 138 valence electrons. The Balaban J connectivity index is 1.60. The molecule has 6 nitrogen and oxygen atoms in total. The molecule has 3 heterocycles. The number of rotatable bonds is 6. The van der Waals surface area contributed by atoms with E-state index >= 15 is 0 Å². The Hall–Kier alpha value is -1.90. The first-order valence-corrected chi connectivity index (χ1v) is 8.64. The van der Waals surface area contributed by atoms with Gasteiger partial charge in [-0.15, -0.1) is 10.2 Å². The fraction of sp³-hybridized carbons (Fsp3) is 0.688. The lowest BCUT2D eigenvalue weighted by Crippen LogP contribution is -2.36. The van der Waals surface area contributed by atoms with Crippen LogP contribution in [0.1, 0.15) is 43.8 Å². The smallest absolute Gasteiger partial charge is 0.313 e. The van der Waals surface area contributed by atoms with Crippen molar-refractivity contribution in [1.29, 1.82) is 0 Å². The van der Waals surface area contributed by atoms with Crippen LogP contribution in [0.3, 0.4) is 0 Å². The summed E-state index contributed by atoms with van der Waals surface area (Å²) in [4.78, 5) is 1.89. The van der Waals surface area contributed by atoms with Crippen molar-refractivity contribution in [3.05, 3.63) is 30.1 Å². The quantitative estimate of drug-likeness (QED) is 0.799. The topological polar surface area (TPSA) is 51.8 Å². The Kier molecular flexibility index (Phi) is 5.41. The molecule has 0 spiro atoms. The maximum absolute atomic E-state index is 12.4. The Morgan fingerprint density at radius 3 is 2.56 bits per heavy atom. The number of aromatic nitrogens is 5. The van der Waals surface area contributed by atoms with Crippen LogP contribution in [0.4, 0.5) is 13.2 Å². The second-order valence-electron chi connectivity index (χ2n) is 6.40. The van der Waals surface area contributed by atoms with E-state index in [1.54, 1.807) is 10.9 Å². The summed E-state index contributed by atoms with van der Waals surface area (Å²) < 4.78 is 41.0. The third-order valence-electron chi connectivity index (χ3n) is 4.70. The molecule has 0 radical (unpaired) electrons. The molecule has 0 bridgehead atoms. The van der Waals surface area contributed by atoms with E-state index in [1.807, 2.05) is 17.2 Å². The molecule has 2 aromatic rings. The number of halogens is 3. The zero-order chi connectivity index (χ0) is 17.9. The van der Waals surface area contributed by atoms with Crippen molar-refractivity contribution in [3.63, 3.8) is 0 Å². The lowest BCUT2D eigenvalue weighted by Gasteiger charge is -2.31. The number of piperidine rings is 1. The largest absolute Gasteiger partial charge is 0.390 e. The van der Waals surface area contributed by atoms with Crippen LogP contribution in [0.2, 0.25) is 0 Å². The zero-order valence-electron chi connectivity index (χ0n) is 14.3. The Bertz CT molecular complexity index is 656. The molecule has 0 aliphatic carbocycles. The summed E-state index contributed by atoms with van der Waals surface area (Å²) in [5.41, 5.74) is 0. The summed E-state index contributed by atoms with van der Waals surface area (Å²) >= 11 is 0. The Morgan fingerprint density at radius 1 is 1.20 bits per heavy atom. The molecule has 0 N–H and O–H groups in total. The van der Waals surface area contributed by atoms with Crippen molar-refractivity contribution in [2.45, 2.75) is 51.4 Å². The van der Waals surface area contributed by atoms with Crippen LogP contribution >= 0.6 is 0 Å². The second-order valence-corrected chi connectivity index (χ2v) is 6.40. The van der Waals surface area contributed by atoms with Crippen molar-refractivity contribution in [3.8, 4) is 0 Å². The highest BCUT2D eigenvalue weighted by molar-refractivity contribution is 5.04. The Morgan fingerprint density at radius 2 is 1.96 bits per heavy atom. The molecule has 3 rings (SSSR count). The first kappa shape index (κ1) is 17.9. The highest BCUT2D eigenvalue weighted by Crippen LogP contribution is 2.28. The number of hydrogen-bond donors (Lipinski definition) is 0. The molecular formula is C16H23F3N6. The molecule has 0 aromatic carbocycles. The van der Waals surface area contributed by atoms with Crippen LogP contribution in [0.5, 0.6) is 0 Å². The molecular weight excluding hydrogens is 333 g/mol. The average Bonchev–Trinajstić information content (AvgIpc) is 3.23. The van der Waals surface area contributed by atoms with Gasteiger partial charge in [0.15, 0.2) is 5.82 Å². The van der Waals surface area contributed by atoms with Gasteiger partial charge in [0.2, 0.25) is 0 Å². The average molecular weight is 356 g/mol. The lowest BCUT2D eigenvalue weighted by atomic mass is 9.95.